The quantitative estimate of drug-likeness (QED) is 0.847. The lowest BCUT2D eigenvalue weighted by Crippen LogP contribution is -2.29. The number of hydrogen-bond acceptors (Lipinski definition) is 3. The first-order chi connectivity index (χ1) is 11.1. The third-order valence-electron chi connectivity index (χ3n) is 4.23. The summed E-state index contributed by atoms with van der Waals surface area (Å²) in [6, 6.07) is 19.8. The van der Waals surface area contributed by atoms with Crippen LogP contribution in [0.15, 0.2) is 54.6 Å². The van der Waals surface area contributed by atoms with Crippen molar-refractivity contribution in [2.24, 2.45) is 0 Å². The Morgan fingerprint density at radius 1 is 1.04 bits per heavy atom. The van der Waals surface area contributed by atoms with Crippen molar-refractivity contribution in [3.8, 4) is 11.8 Å². The summed E-state index contributed by atoms with van der Waals surface area (Å²) in [5, 5.41) is 20.1. The summed E-state index contributed by atoms with van der Waals surface area (Å²) >= 11 is 0. The second-order valence-electron chi connectivity index (χ2n) is 6.27. The lowest BCUT2D eigenvalue weighted by atomic mass is 9.73. The number of benzene rings is 2. The van der Waals surface area contributed by atoms with Crippen LogP contribution in [-0.4, -0.2) is 30.6 Å². The molecule has 0 saturated carbocycles. The molecule has 0 aliphatic heterocycles. The fourth-order valence-corrected chi connectivity index (χ4v) is 2.93. The van der Waals surface area contributed by atoms with E-state index in [2.05, 4.69) is 11.0 Å². The molecule has 0 aliphatic carbocycles. The summed E-state index contributed by atoms with van der Waals surface area (Å²) in [4.78, 5) is 2.13. The van der Waals surface area contributed by atoms with Crippen molar-refractivity contribution in [3.05, 3.63) is 65.7 Å². The maximum Gasteiger partial charge on any atom is 0.118 e. The smallest absolute Gasteiger partial charge is 0.118 e. The highest BCUT2D eigenvalue weighted by Gasteiger charge is 2.33. The van der Waals surface area contributed by atoms with Crippen LogP contribution in [0.1, 0.15) is 24.0 Å². The first-order valence-electron chi connectivity index (χ1n) is 7.96. The topological polar surface area (TPSA) is 47.3 Å². The molecule has 3 nitrogen and oxygen atoms in total. The fourth-order valence-electron chi connectivity index (χ4n) is 2.93. The van der Waals surface area contributed by atoms with Crippen LogP contribution in [0.2, 0.25) is 0 Å². The van der Waals surface area contributed by atoms with Crippen LogP contribution in [0.25, 0.3) is 0 Å². The van der Waals surface area contributed by atoms with Gasteiger partial charge in [0, 0.05) is 0 Å². The highest BCUT2D eigenvalue weighted by molar-refractivity contribution is 5.40. The van der Waals surface area contributed by atoms with Gasteiger partial charge in [-0.1, -0.05) is 48.5 Å². The fraction of sp³-hybridized carbons (Fsp3) is 0.350. The molecule has 120 valence electrons. The number of rotatable bonds is 7. The minimum absolute atomic E-state index is 0.260. The van der Waals surface area contributed by atoms with Gasteiger partial charge in [0.2, 0.25) is 0 Å². The molecular weight excluding hydrogens is 284 g/mol. The number of nitriles is 1. The SMILES string of the molecule is CN(C)CCCC(C#N)(Cc1ccccc1O)c1ccccc1. The molecule has 3 heteroatoms. The van der Waals surface area contributed by atoms with Gasteiger partial charge in [0.15, 0.2) is 0 Å². The normalized spacial score (nSPS) is 13.5. The van der Waals surface area contributed by atoms with E-state index in [0.29, 0.717) is 6.42 Å². The van der Waals surface area contributed by atoms with Crippen LogP contribution in [0.3, 0.4) is 0 Å². The largest absolute Gasteiger partial charge is 0.508 e. The Balaban J connectivity index is 2.34. The molecule has 0 spiro atoms. The van der Waals surface area contributed by atoms with Gasteiger partial charge in [-0.25, -0.2) is 0 Å². The molecule has 1 N–H and O–H groups in total. The molecule has 0 aromatic heterocycles. The molecule has 0 fully saturated rings. The molecular formula is C20H24N2O. The van der Waals surface area contributed by atoms with E-state index in [-0.39, 0.29) is 5.75 Å². The average molecular weight is 308 g/mol. The highest BCUT2D eigenvalue weighted by atomic mass is 16.3. The first kappa shape index (κ1) is 17.1. The van der Waals surface area contributed by atoms with E-state index in [0.717, 1.165) is 30.5 Å². The minimum Gasteiger partial charge on any atom is -0.508 e. The Bertz CT molecular complexity index is 661. The van der Waals surface area contributed by atoms with E-state index in [4.69, 9.17) is 0 Å². The first-order valence-corrected chi connectivity index (χ1v) is 7.96. The zero-order chi connectivity index (χ0) is 16.7. The van der Waals surface area contributed by atoms with Gasteiger partial charge in [0.05, 0.1) is 11.5 Å². The number of hydrogen-bond donors (Lipinski definition) is 1. The van der Waals surface area contributed by atoms with Gasteiger partial charge in [-0.2, -0.15) is 5.26 Å². The molecule has 0 saturated heterocycles. The Labute approximate surface area is 138 Å². The predicted octanol–water partition coefficient (Wildman–Crippen LogP) is 3.74. The number of aromatic hydroxyl groups is 1. The van der Waals surface area contributed by atoms with Crippen molar-refractivity contribution >= 4 is 0 Å². The lowest BCUT2D eigenvalue weighted by molar-refractivity contribution is 0.364. The second-order valence-corrected chi connectivity index (χ2v) is 6.27. The summed E-state index contributed by atoms with van der Waals surface area (Å²) in [5.41, 5.74) is 1.23. The van der Waals surface area contributed by atoms with Gasteiger partial charge in [-0.15, -0.1) is 0 Å². The van der Waals surface area contributed by atoms with Crippen molar-refractivity contribution in [1.82, 2.24) is 4.90 Å². The number of phenolic OH excluding ortho intramolecular Hbond substituents is 1. The van der Waals surface area contributed by atoms with Gasteiger partial charge >= 0.3 is 0 Å². The van der Waals surface area contributed by atoms with E-state index in [1.165, 1.54) is 0 Å². The van der Waals surface area contributed by atoms with E-state index >= 15 is 0 Å². The highest BCUT2D eigenvalue weighted by Crippen LogP contribution is 2.35. The van der Waals surface area contributed by atoms with Gasteiger partial charge in [-0.05, 0) is 57.1 Å². The molecule has 2 aromatic carbocycles. The molecule has 0 radical (unpaired) electrons. The van der Waals surface area contributed by atoms with Crippen molar-refractivity contribution < 1.29 is 5.11 Å². The minimum atomic E-state index is -0.615. The molecule has 23 heavy (non-hydrogen) atoms. The van der Waals surface area contributed by atoms with Gasteiger partial charge in [0.25, 0.3) is 0 Å². The van der Waals surface area contributed by atoms with Crippen molar-refractivity contribution in [2.45, 2.75) is 24.7 Å². The molecule has 1 atom stereocenters. The Morgan fingerprint density at radius 3 is 2.30 bits per heavy atom. The van der Waals surface area contributed by atoms with Crippen LogP contribution in [-0.2, 0) is 11.8 Å². The summed E-state index contributed by atoms with van der Waals surface area (Å²) in [6.45, 7) is 0.942. The summed E-state index contributed by atoms with van der Waals surface area (Å²) < 4.78 is 0. The standard InChI is InChI=1S/C20H24N2O/c1-22(2)14-8-13-20(16-21,18-10-4-3-5-11-18)15-17-9-6-7-12-19(17)23/h3-7,9-12,23H,8,13-15H2,1-2H3. The van der Waals surface area contributed by atoms with Crippen molar-refractivity contribution in [2.75, 3.05) is 20.6 Å². The van der Waals surface area contributed by atoms with Crippen LogP contribution in [0, 0.1) is 11.3 Å². The van der Waals surface area contributed by atoms with E-state index in [1.807, 2.05) is 56.6 Å². The monoisotopic (exact) mass is 308 g/mol. The molecule has 0 aliphatic rings. The van der Waals surface area contributed by atoms with Crippen LogP contribution in [0.4, 0.5) is 0 Å². The average Bonchev–Trinajstić information content (AvgIpc) is 2.56. The molecule has 0 heterocycles. The van der Waals surface area contributed by atoms with Crippen LogP contribution >= 0.6 is 0 Å². The van der Waals surface area contributed by atoms with Crippen molar-refractivity contribution in [1.29, 1.82) is 5.26 Å². The summed E-state index contributed by atoms with van der Waals surface area (Å²) in [6.07, 6.45) is 2.22. The third-order valence-corrected chi connectivity index (χ3v) is 4.23. The van der Waals surface area contributed by atoms with Gasteiger partial charge in [0.1, 0.15) is 5.75 Å². The Morgan fingerprint density at radius 2 is 1.70 bits per heavy atom. The predicted molar refractivity (Wildman–Crippen MR) is 93.3 cm³/mol. The van der Waals surface area contributed by atoms with Crippen molar-refractivity contribution in [3.63, 3.8) is 0 Å². The van der Waals surface area contributed by atoms with Crippen LogP contribution < -0.4 is 0 Å². The second kappa shape index (κ2) is 7.80. The third kappa shape index (κ3) is 4.34. The van der Waals surface area contributed by atoms with E-state index in [9.17, 15) is 10.4 Å². The zero-order valence-corrected chi connectivity index (χ0v) is 13.9. The maximum atomic E-state index is 10.1. The van der Waals surface area contributed by atoms with Crippen LogP contribution in [0.5, 0.6) is 5.75 Å². The van der Waals surface area contributed by atoms with Gasteiger partial charge < -0.3 is 10.0 Å². The Kier molecular flexibility index (Phi) is 5.78. The maximum absolute atomic E-state index is 10.1. The number of nitrogens with zero attached hydrogens (tertiary/aromatic N) is 2. The van der Waals surface area contributed by atoms with E-state index in [1.54, 1.807) is 12.1 Å². The van der Waals surface area contributed by atoms with E-state index < -0.39 is 5.41 Å². The summed E-state index contributed by atoms with van der Waals surface area (Å²) in [5.74, 6) is 0.260. The number of para-hydroxylation sites is 1. The molecule has 0 amide bonds. The lowest BCUT2D eigenvalue weighted by Gasteiger charge is -2.28. The molecule has 2 rings (SSSR count). The zero-order valence-electron chi connectivity index (χ0n) is 13.9. The molecule has 1 unspecified atom stereocenters. The molecule has 2 aromatic rings. The van der Waals surface area contributed by atoms with Gasteiger partial charge in [-0.3, -0.25) is 0 Å². The Hall–Kier alpha value is -2.31. The summed E-state index contributed by atoms with van der Waals surface area (Å²) in [7, 11) is 4.08. The number of phenols is 1. The molecule has 0 bridgehead atoms.